The van der Waals surface area contributed by atoms with Crippen LogP contribution in [0.3, 0.4) is 0 Å². The Hall–Kier alpha value is -1.67. The van der Waals surface area contributed by atoms with Crippen molar-refractivity contribution in [3.05, 3.63) is 11.8 Å². The average Bonchev–Trinajstić information content (AvgIpc) is 3.05. The number of nitrogens with one attached hydrogen (secondary N) is 1. The number of hydrogen-bond donors (Lipinski definition) is 2. The lowest BCUT2D eigenvalue weighted by molar-refractivity contribution is -0.150. The van der Waals surface area contributed by atoms with E-state index in [4.69, 9.17) is 0 Å². The standard InChI is InChI=1S/C27H39N3O2/c1-25(32)8-9-26(2)19(11-25)4-5-20-21(26)6-7-27(3)22(20)10-18-15-29-13-17(12-28)14-30-16-23(31)24(18)27/h13-14,18-22,24,29,32H,4-11,15-16H2,1-3H3/t18-,19-,20+,21-,22-,24?,25+,26-,27-/m0/s1. The third kappa shape index (κ3) is 3.36. The fourth-order valence-electron chi connectivity index (χ4n) is 9.19. The molecule has 32 heavy (non-hydrogen) atoms. The van der Waals surface area contributed by atoms with Crippen LogP contribution in [-0.2, 0) is 4.79 Å². The van der Waals surface area contributed by atoms with Gasteiger partial charge in [0.15, 0.2) is 5.78 Å². The molecule has 4 aliphatic carbocycles. The molecular formula is C27H39N3O2. The number of rotatable bonds is 0. The van der Waals surface area contributed by atoms with Gasteiger partial charge in [-0.3, -0.25) is 9.79 Å². The van der Waals surface area contributed by atoms with E-state index in [9.17, 15) is 15.2 Å². The Morgan fingerprint density at radius 2 is 1.94 bits per heavy atom. The summed E-state index contributed by atoms with van der Waals surface area (Å²) < 4.78 is 0. The number of aliphatic hydroxyl groups is 1. The summed E-state index contributed by atoms with van der Waals surface area (Å²) in [6, 6.07) is 2.15. The molecule has 1 aliphatic heterocycles. The van der Waals surface area contributed by atoms with Crippen LogP contribution >= 0.6 is 0 Å². The quantitative estimate of drug-likeness (QED) is 0.592. The van der Waals surface area contributed by atoms with Crippen LogP contribution < -0.4 is 5.32 Å². The largest absolute Gasteiger partial charge is 0.390 e. The second kappa shape index (κ2) is 7.69. The van der Waals surface area contributed by atoms with Gasteiger partial charge in [-0.25, -0.2) is 0 Å². The molecule has 0 spiro atoms. The number of ketones is 1. The number of nitrogens with zero attached hydrogens (tertiary/aromatic N) is 2. The first kappa shape index (κ1) is 22.1. The van der Waals surface area contributed by atoms with E-state index in [-0.39, 0.29) is 23.7 Å². The highest BCUT2D eigenvalue weighted by Crippen LogP contribution is 2.68. The maximum atomic E-state index is 13.4. The van der Waals surface area contributed by atoms with Crippen LogP contribution in [0, 0.1) is 57.7 Å². The highest BCUT2D eigenvalue weighted by molar-refractivity contribution is 5.89. The first-order valence-electron chi connectivity index (χ1n) is 12.8. The third-order valence-corrected chi connectivity index (χ3v) is 10.7. The molecule has 2 N–H and O–H groups in total. The Bertz CT molecular complexity index is 886. The minimum atomic E-state index is -0.496. The molecule has 0 aromatic heterocycles. The second-order valence-electron chi connectivity index (χ2n) is 12.4. The highest BCUT2D eigenvalue weighted by atomic mass is 16.3. The Kier molecular flexibility index (Phi) is 5.32. The van der Waals surface area contributed by atoms with Crippen LogP contribution in [0.5, 0.6) is 0 Å². The van der Waals surface area contributed by atoms with Gasteiger partial charge in [0.05, 0.1) is 17.7 Å². The van der Waals surface area contributed by atoms with Crippen LogP contribution in [0.1, 0.15) is 72.1 Å². The lowest BCUT2D eigenvalue weighted by atomic mass is 9.44. The summed E-state index contributed by atoms with van der Waals surface area (Å²) in [7, 11) is 0. The molecule has 0 aromatic rings. The van der Waals surface area contributed by atoms with E-state index in [2.05, 4.69) is 30.2 Å². The van der Waals surface area contributed by atoms with Crippen molar-refractivity contribution >= 4 is 12.0 Å². The van der Waals surface area contributed by atoms with E-state index < -0.39 is 5.60 Å². The zero-order valence-electron chi connectivity index (χ0n) is 19.9. The highest BCUT2D eigenvalue weighted by Gasteiger charge is 2.63. The van der Waals surface area contributed by atoms with E-state index in [0.717, 1.165) is 44.6 Å². The van der Waals surface area contributed by atoms with E-state index in [0.29, 0.717) is 34.7 Å². The van der Waals surface area contributed by atoms with Crippen molar-refractivity contribution in [1.29, 1.82) is 5.26 Å². The lowest BCUT2D eigenvalue weighted by Crippen LogP contribution is -2.55. The second-order valence-corrected chi connectivity index (χ2v) is 12.4. The van der Waals surface area contributed by atoms with Crippen LogP contribution in [0.2, 0.25) is 0 Å². The third-order valence-electron chi connectivity index (χ3n) is 10.7. The number of hydrogen-bond acceptors (Lipinski definition) is 5. The van der Waals surface area contributed by atoms with E-state index in [1.807, 2.05) is 6.92 Å². The topological polar surface area (TPSA) is 85.5 Å². The van der Waals surface area contributed by atoms with Crippen molar-refractivity contribution in [1.82, 2.24) is 5.32 Å². The number of nitriles is 1. The van der Waals surface area contributed by atoms with Crippen LogP contribution in [-0.4, -0.2) is 35.8 Å². The summed E-state index contributed by atoms with van der Waals surface area (Å²) in [5, 5.41) is 23.4. The molecule has 5 aliphatic rings. The number of fused-ring (bicyclic) bond motifs is 7. The van der Waals surface area contributed by atoms with Gasteiger partial charge in [-0.15, -0.1) is 0 Å². The average molecular weight is 438 g/mol. The Morgan fingerprint density at radius 1 is 1.12 bits per heavy atom. The number of Topliss-reactive ketones (excluding diaryl/α,β-unsaturated/α-hetero) is 1. The predicted octanol–water partition coefficient (Wildman–Crippen LogP) is 4.27. The molecule has 5 rings (SSSR count). The zero-order valence-corrected chi connectivity index (χ0v) is 19.9. The summed E-state index contributed by atoms with van der Waals surface area (Å²) in [5.41, 5.74) is 0.381. The molecule has 0 amide bonds. The molecule has 5 heteroatoms. The summed E-state index contributed by atoms with van der Waals surface area (Å²) in [6.45, 7) is 7.92. The fraction of sp³-hybridized carbons (Fsp3) is 0.815. The first-order valence-corrected chi connectivity index (χ1v) is 12.8. The Balaban J connectivity index is 1.42. The van der Waals surface area contributed by atoms with Crippen molar-refractivity contribution in [3.63, 3.8) is 0 Å². The van der Waals surface area contributed by atoms with Gasteiger partial charge in [0.1, 0.15) is 6.07 Å². The van der Waals surface area contributed by atoms with Gasteiger partial charge in [0.25, 0.3) is 0 Å². The monoisotopic (exact) mass is 437 g/mol. The number of aliphatic imine (C=N–C) groups is 1. The minimum absolute atomic E-state index is 0.0600. The van der Waals surface area contributed by atoms with Crippen molar-refractivity contribution in [2.24, 2.45) is 51.3 Å². The van der Waals surface area contributed by atoms with E-state index in [1.54, 1.807) is 6.20 Å². The predicted molar refractivity (Wildman–Crippen MR) is 125 cm³/mol. The molecule has 4 fully saturated rings. The van der Waals surface area contributed by atoms with Gasteiger partial charge in [-0.05, 0) is 98.7 Å². The van der Waals surface area contributed by atoms with Crippen LogP contribution in [0.25, 0.3) is 0 Å². The van der Waals surface area contributed by atoms with Crippen LogP contribution in [0.15, 0.2) is 16.8 Å². The number of allylic oxidation sites excluding steroid dienone is 1. The van der Waals surface area contributed by atoms with Crippen molar-refractivity contribution in [3.8, 4) is 6.07 Å². The van der Waals surface area contributed by atoms with Gasteiger partial charge in [0, 0.05) is 24.9 Å². The normalized spacial score (nSPS) is 50.6. The maximum Gasteiger partial charge on any atom is 0.158 e. The Labute approximate surface area is 192 Å². The molecule has 1 unspecified atom stereocenters. The maximum absolute atomic E-state index is 13.4. The molecule has 0 aromatic carbocycles. The first-order chi connectivity index (χ1) is 15.2. The van der Waals surface area contributed by atoms with Crippen molar-refractivity contribution < 1.29 is 9.90 Å². The summed E-state index contributed by atoms with van der Waals surface area (Å²) in [6.07, 6.45) is 12.3. The molecular weight excluding hydrogens is 398 g/mol. The van der Waals surface area contributed by atoms with Gasteiger partial charge in [-0.1, -0.05) is 13.8 Å². The number of carbonyl (C=O) groups excluding carboxylic acids is 1. The minimum Gasteiger partial charge on any atom is -0.390 e. The van der Waals surface area contributed by atoms with Gasteiger partial charge in [0.2, 0.25) is 0 Å². The summed E-state index contributed by atoms with van der Waals surface area (Å²) in [5.74, 6) is 3.28. The summed E-state index contributed by atoms with van der Waals surface area (Å²) >= 11 is 0. The lowest BCUT2D eigenvalue weighted by Gasteiger charge is -2.61. The fourth-order valence-corrected chi connectivity index (χ4v) is 9.19. The smallest absolute Gasteiger partial charge is 0.158 e. The molecule has 9 atom stereocenters. The Morgan fingerprint density at radius 3 is 2.72 bits per heavy atom. The number of carbonyl (C=O) groups is 1. The van der Waals surface area contributed by atoms with Crippen molar-refractivity contribution in [2.45, 2.75) is 77.7 Å². The van der Waals surface area contributed by atoms with Crippen LogP contribution in [0.4, 0.5) is 0 Å². The molecule has 0 radical (unpaired) electrons. The molecule has 5 nitrogen and oxygen atoms in total. The molecule has 1 heterocycles. The molecule has 4 saturated carbocycles. The van der Waals surface area contributed by atoms with Gasteiger partial charge in [-0.2, -0.15) is 5.26 Å². The molecule has 0 bridgehead atoms. The van der Waals surface area contributed by atoms with Gasteiger partial charge < -0.3 is 10.4 Å². The SMILES string of the molecule is C[C@@]1(O)CC[C@@]2(C)[C@@H](CC[C@@H]3[C@@H]2CC[C@]2(C)C4C(=O)CN=CC(C#N)=CNC[C@@H]4C[C@@H]32)C1. The zero-order chi connectivity index (χ0) is 22.7. The molecule has 174 valence electrons. The van der Waals surface area contributed by atoms with E-state index >= 15 is 0 Å². The molecule has 0 saturated heterocycles. The van der Waals surface area contributed by atoms with E-state index in [1.165, 1.54) is 25.5 Å². The van der Waals surface area contributed by atoms with Crippen molar-refractivity contribution in [2.75, 3.05) is 13.1 Å². The van der Waals surface area contributed by atoms with Gasteiger partial charge >= 0.3 is 0 Å². The summed E-state index contributed by atoms with van der Waals surface area (Å²) in [4.78, 5) is 17.7.